The monoisotopic (exact) mass is 235 g/mol. The highest BCUT2D eigenvalue weighted by Crippen LogP contribution is 2.30. The van der Waals surface area contributed by atoms with Crippen LogP contribution in [-0.4, -0.2) is 31.9 Å². The largest absolute Gasteiger partial charge is 0.395 e. The third-order valence-electron chi connectivity index (χ3n) is 2.47. The number of hydrogen-bond donors (Lipinski definition) is 2. The summed E-state index contributed by atoms with van der Waals surface area (Å²) in [5.41, 5.74) is 0. The molecule has 4 nitrogen and oxygen atoms in total. The fourth-order valence-corrected chi connectivity index (χ4v) is 3.35. The molecule has 1 fully saturated rings. The lowest BCUT2D eigenvalue weighted by atomic mass is 10.1. The van der Waals surface area contributed by atoms with E-state index >= 15 is 0 Å². The van der Waals surface area contributed by atoms with E-state index in [-0.39, 0.29) is 18.4 Å². The number of hydrogen-bond acceptors (Lipinski definition) is 3. The summed E-state index contributed by atoms with van der Waals surface area (Å²) in [5, 5.41) is 9.06. The van der Waals surface area contributed by atoms with Crippen LogP contribution in [0, 0.1) is 11.8 Å². The third kappa shape index (κ3) is 5.49. The molecule has 0 saturated heterocycles. The van der Waals surface area contributed by atoms with Gasteiger partial charge in [-0.2, -0.15) is 0 Å². The lowest BCUT2D eigenvalue weighted by molar-refractivity contribution is 0.240. The first-order valence-corrected chi connectivity index (χ1v) is 7.19. The van der Waals surface area contributed by atoms with Crippen LogP contribution in [0.4, 0.5) is 0 Å². The SMILES string of the molecule is CC(C)CC(CO)NS(=O)(=O)CC1CC1. The maximum absolute atomic E-state index is 11.6. The molecule has 5 heteroatoms. The van der Waals surface area contributed by atoms with E-state index in [1.54, 1.807) is 0 Å². The van der Waals surface area contributed by atoms with Gasteiger partial charge in [0.1, 0.15) is 0 Å². The van der Waals surface area contributed by atoms with E-state index in [2.05, 4.69) is 4.72 Å². The molecule has 1 aliphatic rings. The van der Waals surface area contributed by atoms with Crippen molar-refractivity contribution in [1.29, 1.82) is 0 Å². The second-order valence-corrected chi connectivity index (χ2v) is 6.65. The Bertz CT molecular complexity index is 283. The molecule has 1 unspecified atom stereocenters. The fraction of sp³-hybridized carbons (Fsp3) is 1.00. The van der Waals surface area contributed by atoms with E-state index in [9.17, 15) is 8.42 Å². The van der Waals surface area contributed by atoms with Crippen molar-refractivity contribution < 1.29 is 13.5 Å². The smallest absolute Gasteiger partial charge is 0.212 e. The number of aliphatic hydroxyl groups is 1. The van der Waals surface area contributed by atoms with E-state index in [1.807, 2.05) is 13.8 Å². The molecule has 0 spiro atoms. The second-order valence-electron chi connectivity index (χ2n) is 4.85. The van der Waals surface area contributed by atoms with Crippen molar-refractivity contribution in [3.8, 4) is 0 Å². The Morgan fingerprint density at radius 1 is 1.40 bits per heavy atom. The van der Waals surface area contributed by atoms with Gasteiger partial charge >= 0.3 is 0 Å². The van der Waals surface area contributed by atoms with Gasteiger partial charge in [0.2, 0.25) is 10.0 Å². The molecule has 0 aliphatic heterocycles. The Kier molecular flexibility index (Phi) is 4.55. The van der Waals surface area contributed by atoms with Crippen molar-refractivity contribution in [1.82, 2.24) is 4.72 Å². The topological polar surface area (TPSA) is 66.4 Å². The zero-order chi connectivity index (χ0) is 11.5. The highest BCUT2D eigenvalue weighted by atomic mass is 32.2. The molecule has 0 amide bonds. The first-order chi connectivity index (χ1) is 6.93. The average Bonchev–Trinajstić information content (AvgIpc) is 2.84. The van der Waals surface area contributed by atoms with Crippen molar-refractivity contribution in [3.05, 3.63) is 0 Å². The van der Waals surface area contributed by atoms with Gasteiger partial charge in [0.25, 0.3) is 0 Å². The van der Waals surface area contributed by atoms with Crippen molar-refractivity contribution in [2.75, 3.05) is 12.4 Å². The third-order valence-corrected chi connectivity index (χ3v) is 4.08. The van der Waals surface area contributed by atoms with Crippen LogP contribution in [0.2, 0.25) is 0 Å². The summed E-state index contributed by atoms with van der Waals surface area (Å²) in [6, 6.07) is -0.325. The van der Waals surface area contributed by atoms with Gasteiger partial charge in [-0.15, -0.1) is 0 Å². The molecule has 2 N–H and O–H groups in total. The van der Waals surface area contributed by atoms with E-state index in [0.29, 0.717) is 18.3 Å². The maximum atomic E-state index is 11.6. The normalized spacial score (nSPS) is 19.5. The molecule has 1 rings (SSSR count). The summed E-state index contributed by atoms with van der Waals surface area (Å²) >= 11 is 0. The molecule has 0 aromatic rings. The van der Waals surface area contributed by atoms with Crippen LogP contribution >= 0.6 is 0 Å². The second kappa shape index (κ2) is 5.27. The van der Waals surface area contributed by atoms with E-state index in [0.717, 1.165) is 12.8 Å². The quantitative estimate of drug-likeness (QED) is 0.683. The first kappa shape index (κ1) is 12.9. The van der Waals surface area contributed by atoms with Crippen LogP contribution in [0.15, 0.2) is 0 Å². The van der Waals surface area contributed by atoms with Gasteiger partial charge in [0.05, 0.1) is 12.4 Å². The highest BCUT2D eigenvalue weighted by Gasteiger charge is 2.29. The Morgan fingerprint density at radius 2 is 2.00 bits per heavy atom. The Balaban J connectivity index is 2.41. The summed E-state index contributed by atoms with van der Waals surface area (Å²) in [6.07, 6.45) is 2.73. The van der Waals surface area contributed by atoms with E-state index < -0.39 is 10.0 Å². The molecule has 1 atom stereocenters. The van der Waals surface area contributed by atoms with Gasteiger partial charge in [-0.05, 0) is 31.1 Å². The maximum Gasteiger partial charge on any atom is 0.212 e. The summed E-state index contributed by atoms with van der Waals surface area (Å²) in [4.78, 5) is 0. The Morgan fingerprint density at radius 3 is 2.40 bits per heavy atom. The van der Waals surface area contributed by atoms with Gasteiger partial charge in [-0.25, -0.2) is 13.1 Å². The predicted octanol–water partition coefficient (Wildman–Crippen LogP) is 0.723. The van der Waals surface area contributed by atoms with Crippen LogP contribution in [0.1, 0.15) is 33.1 Å². The van der Waals surface area contributed by atoms with Gasteiger partial charge in [-0.3, -0.25) is 0 Å². The summed E-state index contributed by atoms with van der Waals surface area (Å²) in [7, 11) is -3.19. The summed E-state index contributed by atoms with van der Waals surface area (Å²) in [5.74, 6) is 0.952. The molecule has 0 aromatic carbocycles. The van der Waals surface area contributed by atoms with Crippen LogP contribution in [0.5, 0.6) is 0 Å². The molecular formula is C10H21NO3S. The van der Waals surface area contributed by atoms with E-state index in [4.69, 9.17) is 5.11 Å². The zero-order valence-electron chi connectivity index (χ0n) is 9.44. The number of nitrogens with one attached hydrogen (secondary N) is 1. The summed E-state index contributed by atoms with van der Waals surface area (Å²) < 4.78 is 25.8. The minimum atomic E-state index is -3.19. The molecule has 1 saturated carbocycles. The van der Waals surface area contributed by atoms with Crippen molar-refractivity contribution in [2.45, 2.75) is 39.2 Å². The molecule has 1 aliphatic carbocycles. The van der Waals surface area contributed by atoms with Crippen LogP contribution in [-0.2, 0) is 10.0 Å². The fourth-order valence-electron chi connectivity index (χ4n) is 1.63. The molecule has 0 heterocycles. The molecule has 15 heavy (non-hydrogen) atoms. The van der Waals surface area contributed by atoms with E-state index in [1.165, 1.54) is 0 Å². The van der Waals surface area contributed by atoms with Gasteiger partial charge in [0.15, 0.2) is 0 Å². The molecule has 90 valence electrons. The lowest BCUT2D eigenvalue weighted by Crippen LogP contribution is -2.40. The number of aliphatic hydroxyl groups excluding tert-OH is 1. The molecule has 0 radical (unpaired) electrons. The Hall–Kier alpha value is -0.130. The van der Waals surface area contributed by atoms with Gasteiger partial charge in [0, 0.05) is 6.04 Å². The minimum Gasteiger partial charge on any atom is -0.395 e. The van der Waals surface area contributed by atoms with Crippen molar-refractivity contribution >= 4 is 10.0 Å². The Labute approximate surface area is 92.1 Å². The highest BCUT2D eigenvalue weighted by molar-refractivity contribution is 7.89. The molecular weight excluding hydrogens is 214 g/mol. The standard InChI is InChI=1S/C10H21NO3S/c1-8(2)5-10(6-12)11-15(13,14)7-9-3-4-9/h8-12H,3-7H2,1-2H3. The molecule has 0 aromatic heterocycles. The first-order valence-electron chi connectivity index (χ1n) is 5.54. The van der Waals surface area contributed by atoms with Gasteiger partial charge < -0.3 is 5.11 Å². The summed E-state index contributed by atoms with van der Waals surface area (Å²) in [6.45, 7) is 3.90. The number of sulfonamides is 1. The number of rotatable bonds is 7. The van der Waals surface area contributed by atoms with Crippen LogP contribution in [0.3, 0.4) is 0 Å². The molecule has 0 bridgehead atoms. The predicted molar refractivity (Wildman–Crippen MR) is 60.0 cm³/mol. The minimum absolute atomic E-state index is 0.123. The zero-order valence-corrected chi connectivity index (χ0v) is 10.3. The van der Waals surface area contributed by atoms with Gasteiger partial charge in [-0.1, -0.05) is 13.8 Å². The van der Waals surface area contributed by atoms with Crippen LogP contribution < -0.4 is 4.72 Å². The average molecular weight is 235 g/mol. The van der Waals surface area contributed by atoms with Crippen molar-refractivity contribution in [3.63, 3.8) is 0 Å². The van der Waals surface area contributed by atoms with Crippen LogP contribution in [0.25, 0.3) is 0 Å². The van der Waals surface area contributed by atoms with Crippen molar-refractivity contribution in [2.24, 2.45) is 11.8 Å². The lowest BCUT2D eigenvalue weighted by Gasteiger charge is -2.18.